The van der Waals surface area contributed by atoms with Gasteiger partial charge in [0.1, 0.15) is 17.3 Å². The maximum atomic E-state index is 6.34. The zero-order valence-corrected chi connectivity index (χ0v) is 14.2. The van der Waals surface area contributed by atoms with Crippen molar-refractivity contribution in [1.82, 2.24) is 14.5 Å². The van der Waals surface area contributed by atoms with Crippen LogP contribution in [0.1, 0.15) is 46.5 Å². The molecule has 0 saturated heterocycles. The number of anilines is 1. The number of aromatic nitrogens is 3. The van der Waals surface area contributed by atoms with Crippen molar-refractivity contribution in [3.63, 3.8) is 0 Å². The Morgan fingerprint density at radius 3 is 2.35 bits per heavy atom. The van der Waals surface area contributed by atoms with Gasteiger partial charge in [-0.25, -0.2) is 4.98 Å². The molecule has 0 aromatic carbocycles. The Kier molecular flexibility index (Phi) is 3.91. The molecule has 0 aliphatic heterocycles. The fourth-order valence-corrected chi connectivity index (χ4v) is 2.62. The molecule has 0 aliphatic carbocycles. The standard InChI is InChI=1S/C15H21BrN4/c1-9(2)20-13(17)12(19-14(20)15(3,4)5)10-6-11(16)8-18-7-10/h6-9H,17H2,1-5H3. The van der Waals surface area contributed by atoms with Crippen LogP contribution in [-0.4, -0.2) is 14.5 Å². The summed E-state index contributed by atoms with van der Waals surface area (Å²) in [6.45, 7) is 10.7. The molecule has 0 radical (unpaired) electrons. The summed E-state index contributed by atoms with van der Waals surface area (Å²) in [5.74, 6) is 1.70. The van der Waals surface area contributed by atoms with E-state index >= 15 is 0 Å². The van der Waals surface area contributed by atoms with Crippen molar-refractivity contribution in [2.45, 2.75) is 46.1 Å². The molecule has 0 bridgehead atoms. The van der Waals surface area contributed by atoms with Crippen molar-refractivity contribution in [2.24, 2.45) is 0 Å². The fourth-order valence-electron chi connectivity index (χ4n) is 2.25. The summed E-state index contributed by atoms with van der Waals surface area (Å²) in [5, 5.41) is 0. The highest BCUT2D eigenvalue weighted by molar-refractivity contribution is 9.10. The zero-order valence-electron chi connectivity index (χ0n) is 12.6. The Morgan fingerprint density at radius 2 is 1.90 bits per heavy atom. The molecule has 2 N–H and O–H groups in total. The summed E-state index contributed by atoms with van der Waals surface area (Å²) >= 11 is 3.44. The topological polar surface area (TPSA) is 56.7 Å². The van der Waals surface area contributed by atoms with Gasteiger partial charge in [0.05, 0.1) is 0 Å². The molecule has 0 fully saturated rings. The molecule has 0 atom stereocenters. The van der Waals surface area contributed by atoms with E-state index in [1.807, 2.05) is 6.07 Å². The normalized spacial score (nSPS) is 12.2. The van der Waals surface area contributed by atoms with Gasteiger partial charge in [0.2, 0.25) is 0 Å². The minimum Gasteiger partial charge on any atom is -0.383 e. The molecule has 4 nitrogen and oxygen atoms in total. The molecule has 108 valence electrons. The second-order valence-electron chi connectivity index (χ2n) is 6.27. The van der Waals surface area contributed by atoms with E-state index in [1.54, 1.807) is 12.4 Å². The summed E-state index contributed by atoms with van der Waals surface area (Å²) in [4.78, 5) is 8.99. The predicted octanol–water partition coefficient (Wildman–Crippen LogP) is 4.17. The SMILES string of the molecule is CC(C)n1c(C(C)(C)C)nc(-c2cncc(Br)c2)c1N. The molecule has 2 heterocycles. The predicted molar refractivity (Wildman–Crippen MR) is 86.7 cm³/mol. The Morgan fingerprint density at radius 1 is 1.25 bits per heavy atom. The third-order valence-electron chi connectivity index (χ3n) is 3.11. The lowest BCUT2D eigenvalue weighted by molar-refractivity contribution is 0.473. The van der Waals surface area contributed by atoms with Crippen LogP contribution in [0.2, 0.25) is 0 Å². The van der Waals surface area contributed by atoms with Gasteiger partial charge in [-0.05, 0) is 35.8 Å². The van der Waals surface area contributed by atoms with Gasteiger partial charge in [0.15, 0.2) is 0 Å². The second kappa shape index (κ2) is 5.20. The number of hydrogen-bond donors (Lipinski definition) is 1. The van der Waals surface area contributed by atoms with Gasteiger partial charge in [-0.15, -0.1) is 0 Å². The van der Waals surface area contributed by atoms with Gasteiger partial charge in [-0.3, -0.25) is 4.98 Å². The number of nitrogen functional groups attached to an aromatic ring is 1. The molecule has 0 amide bonds. The molecule has 5 heteroatoms. The maximum absolute atomic E-state index is 6.34. The monoisotopic (exact) mass is 336 g/mol. The number of halogens is 1. The van der Waals surface area contributed by atoms with Gasteiger partial charge >= 0.3 is 0 Å². The average Bonchev–Trinajstić information content (AvgIpc) is 2.66. The number of rotatable bonds is 2. The highest BCUT2D eigenvalue weighted by atomic mass is 79.9. The number of imidazole rings is 1. The maximum Gasteiger partial charge on any atom is 0.132 e. The van der Waals surface area contributed by atoms with E-state index in [9.17, 15) is 0 Å². The Balaban J connectivity index is 2.68. The molecular weight excluding hydrogens is 316 g/mol. The minimum absolute atomic E-state index is 0.0594. The molecule has 2 aromatic heterocycles. The first kappa shape index (κ1) is 15.0. The van der Waals surface area contributed by atoms with Gasteiger partial charge < -0.3 is 10.3 Å². The highest BCUT2D eigenvalue weighted by Gasteiger charge is 2.26. The van der Waals surface area contributed by atoms with Gasteiger partial charge in [-0.2, -0.15) is 0 Å². The van der Waals surface area contributed by atoms with Crippen molar-refractivity contribution in [3.05, 3.63) is 28.8 Å². The molecule has 20 heavy (non-hydrogen) atoms. The summed E-state index contributed by atoms with van der Waals surface area (Å²) in [7, 11) is 0. The van der Waals surface area contributed by atoms with Crippen molar-refractivity contribution in [1.29, 1.82) is 0 Å². The van der Waals surface area contributed by atoms with Crippen LogP contribution in [0.15, 0.2) is 22.9 Å². The van der Waals surface area contributed by atoms with Crippen LogP contribution in [0.5, 0.6) is 0 Å². The van der Waals surface area contributed by atoms with Gasteiger partial charge in [0.25, 0.3) is 0 Å². The molecule has 0 unspecified atom stereocenters. The number of pyridine rings is 1. The van der Waals surface area contributed by atoms with Crippen molar-refractivity contribution in [3.8, 4) is 11.3 Å². The van der Waals surface area contributed by atoms with Crippen LogP contribution in [0, 0.1) is 0 Å². The van der Waals surface area contributed by atoms with Crippen LogP contribution < -0.4 is 5.73 Å². The summed E-state index contributed by atoms with van der Waals surface area (Å²) < 4.78 is 3.03. The number of hydrogen-bond acceptors (Lipinski definition) is 3. The van der Waals surface area contributed by atoms with Gasteiger partial charge in [0, 0.05) is 33.9 Å². The van der Waals surface area contributed by atoms with E-state index in [1.165, 1.54) is 0 Å². The lowest BCUT2D eigenvalue weighted by atomic mass is 9.95. The third kappa shape index (κ3) is 2.73. The molecular formula is C15H21BrN4. The van der Waals surface area contributed by atoms with E-state index in [0.29, 0.717) is 5.82 Å². The molecule has 0 aliphatic rings. The largest absolute Gasteiger partial charge is 0.383 e. The quantitative estimate of drug-likeness (QED) is 0.895. The number of nitrogens with zero attached hydrogens (tertiary/aromatic N) is 3. The van der Waals surface area contributed by atoms with E-state index in [2.05, 4.69) is 60.1 Å². The van der Waals surface area contributed by atoms with E-state index < -0.39 is 0 Å². The third-order valence-corrected chi connectivity index (χ3v) is 3.55. The summed E-state index contributed by atoms with van der Waals surface area (Å²) in [6.07, 6.45) is 3.55. The smallest absolute Gasteiger partial charge is 0.132 e. The van der Waals surface area contributed by atoms with Crippen LogP contribution >= 0.6 is 15.9 Å². The lowest BCUT2D eigenvalue weighted by Crippen LogP contribution is -2.21. The van der Waals surface area contributed by atoms with Crippen LogP contribution in [-0.2, 0) is 5.41 Å². The zero-order chi connectivity index (χ0) is 15.1. The Hall–Kier alpha value is -1.36. The summed E-state index contributed by atoms with van der Waals surface area (Å²) in [5.41, 5.74) is 8.02. The van der Waals surface area contributed by atoms with E-state index in [4.69, 9.17) is 10.7 Å². The first-order chi connectivity index (χ1) is 9.21. The van der Waals surface area contributed by atoms with Crippen molar-refractivity contribution in [2.75, 3.05) is 5.73 Å². The van der Waals surface area contributed by atoms with Crippen molar-refractivity contribution < 1.29 is 0 Å². The van der Waals surface area contributed by atoms with E-state index in [0.717, 1.165) is 21.6 Å². The van der Waals surface area contributed by atoms with Gasteiger partial charge in [-0.1, -0.05) is 20.8 Å². The number of nitrogens with two attached hydrogens (primary N) is 1. The lowest BCUT2D eigenvalue weighted by Gasteiger charge is -2.22. The highest BCUT2D eigenvalue weighted by Crippen LogP contribution is 2.34. The average molecular weight is 337 g/mol. The molecule has 2 rings (SSSR count). The van der Waals surface area contributed by atoms with Crippen molar-refractivity contribution >= 4 is 21.7 Å². The van der Waals surface area contributed by atoms with Crippen LogP contribution in [0.25, 0.3) is 11.3 Å². The second-order valence-corrected chi connectivity index (χ2v) is 7.19. The Labute approximate surface area is 128 Å². The molecule has 0 saturated carbocycles. The van der Waals surface area contributed by atoms with E-state index in [-0.39, 0.29) is 11.5 Å². The molecule has 0 spiro atoms. The van der Waals surface area contributed by atoms with Crippen LogP contribution in [0.3, 0.4) is 0 Å². The fraction of sp³-hybridized carbons (Fsp3) is 0.467. The first-order valence-corrected chi connectivity index (χ1v) is 7.50. The summed E-state index contributed by atoms with van der Waals surface area (Å²) in [6, 6.07) is 2.26. The molecule has 2 aromatic rings. The van der Waals surface area contributed by atoms with Crippen LogP contribution in [0.4, 0.5) is 5.82 Å². The minimum atomic E-state index is -0.0594. The first-order valence-electron chi connectivity index (χ1n) is 6.71. The Bertz CT molecular complexity index is 623.